The third-order valence-electron chi connectivity index (χ3n) is 4.07. The van der Waals surface area contributed by atoms with Gasteiger partial charge in [0.05, 0.1) is 12.2 Å². The van der Waals surface area contributed by atoms with Crippen LogP contribution in [0.4, 0.5) is 0 Å². The fourth-order valence-corrected chi connectivity index (χ4v) is 5.18. The third-order valence-corrected chi connectivity index (χ3v) is 6.61. The molecule has 0 saturated carbocycles. The van der Waals surface area contributed by atoms with Crippen LogP contribution in [-0.4, -0.2) is 87.2 Å². The summed E-state index contributed by atoms with van der Waals surface area (Å²) in [4.78, 5) is 14.9. The third kappa shape index (κ3) is 10.5. The van der Waals surface area contributed by atoms with Gasteiger partial charge in [-0.3, -0.25) is 13.9 Å². The quantitative estimate of drug-likeness (QED) is 0.192. The van der Waals surface area contributed by atoms with E-state index in [-0.39, 0.29) is 21.7 Å². The monoisotopic (exact) mass is 565 g/mol. The van der Waals surface area contributed by atoms with Gasteiger partial charge in [0.15, 0.2) is 0 Å². The molecule has 12 nitrogen and oxygen atoms in total. The molecular formula is C18H35N3O9S4. The van der Waals surface area contributed by atoms with Gasteiger partial charge >= 0.3 is 20.6 Å². The van der Waals surface area contributed by atoms with Crippen molar-refractivity contribution in [3.05, 3.63) is 0 Å². The number of hydrogen-bond acceptors (Lipinski definition) is 9. The van der Waals surface area contributed by atoms with E-state index in [0.717, 1.165) is 0 Å². The minimum atomic E-state index is -5.41. The van der Waals surface area contributed by atoms with E-state index in [1.165, 1.54) is 32.6 Å². The molecule has 0 radical (unpaired) electrons. The molecule has 16 heteroatoms. The molecule has 0 unspecified atom stereocenters. The fraction of sp³-hybridized carbons (Fsp3) is 0.833. The van der Waals surface area contributed by atoms with E-state index in [1.807, 2.05) is 13.8 Å². The Hall–Kier alpha value is -1.33. The van der Waals surface area contributed by atoms with Crippen LogP contribution in [0.1, 0.15) is 67.2 Å². The first kappa shape index (κ1) is 32.7. The predicted octanol–water partition coefficient (Wildman–Crippen LogP) is 2.37. The first-order chi connectivity index (χ1) is 15.5. The number of hydrogen-bond donors (Lipinski definition) is 2. The van der Waals surface area contributed by atoms with Crippen LogP contribution in [0.2, 0.25) is 0 Å². The van der Waals surface area contributed by atoms with Crippen molar-refractivity contribution >= 4 is 61.3 Å². The highest BCUT2D eigenvalue weighted by molar-refractivity contribution is 7.88. The molecule has 200 valence electrons. The Balaban J connectivity index is 7.06. The van der Waals surface area contributed by atoms with Crippen LogP contribution in [0.15, 0.2) is 0 Å². The maximum atomic E-state index is 13.7. The first-order valence-corrected chi connectivity index (χ1v) is 14.3. The van der Waals surface area contributed by atoms with Crippen molar-refractivity contribution < 1.29 is 40.2 Å². The van der Waals surface area contributed by atoms with Gasteiger partial charge in [-0.05, 0) is 65.0 Å². The van der Waals surface area contributed by atoms with Crippen molar-refractivity contribution in [2.75, 3.05) is 13.1 Å². The van der Waals surface area contributed by atoms with Crippen LogP contribution in [0.3, 0.4) is 0 Å². The molecular weight excluding hydrogens is 530 g/mol. The summed E-state index contributed by atoms with van der Waals surface area (Å²) in [5, 5.41) is -1.86. The predicted molar refractivity (Wildman–Crippen MR) is 135 cm³/mol. The lowest BCUT2D eigenvalue weighted by atomic mass is 10.2. The Morgan fingerprint density at radius 2 is 1.12 bits per heavy atom. The summed E-state index contributed by atoms with van der Waals surface area (Å²) in [5.41, 5.74) is 0. The van der Waals surface area contributed by atoms with Crippen LogP contribution in [0, 0.1) is 0 Å². The zero-order valence-electron chi connectivity index (χ0n) is 20.2. The van der Waals surface area contributed by atoms with Crippen LogP contribution in [-0.2, 0) is 34.9 Å². The molecule has 0 aliphatic heterocycles. The fourth-order valence-electron chi connectivity index (χ4n) is 2.64. The van der Waals surface area contributed by atoms with Gasteiger partial charge in [0.25, 0.3) is 16.3 Å². The van der Waals surface area contributed by atoms with E-state index in [9.17, 15) is 30.7 Å². The molecule has 0 aromatic rings. The van der Waals surface area contributed by atoms with Gasteiger partial charge in [0, 0.05) is 13.1 Å². The second-order valence-corrected chi connectivity index (χ2v) is 11.1. The van der Waals surface area contributed by atoms with Gasteiger partial charge in [0.2, 0.25) is 6.17 Å². The minimum absolute atomic E-state index is 0.112. The smallest absolute Gasteiger partial charge is 0.365 e. The molecule has 2 N–H and O–H groups in total. The maximum absolute atomic E-state index is 13.7. The Bertz CT molecular complexity index is 842. The van der Waals surface area contributed by atoms with E-state index in [4.69, 9.17) is 33.9 Å². The van der Waals surface area contributed by atoms with Crippen molar-refractivity contribution in [1.29, 1.82) is 0 Å². The topological polar surface area (TPSA) is 154 Å². The molecule has 0 heterocycles. The zero-order valence-corrected chi connectivity index (χ0v) is 23.5. The number of carbonyl (C=O) groups is 1. The minimum Gasteiger partial charge on any atom is -0.467 e. The molecule has 34 heavy (non-hydrogen) atoms. The van der Waals surface area contributed by atoms with Crippen molar-refractivity contribution in [3.8, 4) is 0 Å². The first-order valence-electron chi connectivity index (χ1n) is 10.7. The number of ether oxygens (including phenoxy) is 2. The average molecular weight is 566 g/mol. The zero-order chi connectivity index (χ0) is 26.9. The molecule has 0 aromatic carbocycles. The summed E-state index contributed by atoms with van der Waals surface area (Å²) in [5.74, 6) is -1.11. The number of carbonyl (C=O) groups excluding carboxylic acids is 1. The molecule has 0 aliphatic rings. The number of rotatable bonds is 13. The highest BCUT2D eigenvalue weighted by Crippen LogP contribution is 2.22. The van der Waals surface area contributed by atoms with Gasteiger partial charge < -0.3 is 14.4 Å². The molecule has 0 spiro atoms. The highest BCUT2D eigenvalue weighted by atomic mass is 32.2. The number of thiocarbonyl (C=S) groups is 2. The van der Waals surface area contributed by atoms with Crippen molar-refractivity contribution in [1.82, 2.24) is 13.5 Å². The van der Waals surface area contributed by atoms with Crippen molar-refractivity contribution in [2.45, 2.75) is 85.6 Å². The van der Waals surface area contributed by atoms with Crippen LogP contribution in [0.5, 0.6) is 0 Å². The number of unbranched alkanes of at least 4 members (excludes halogenated alkanes) is 2. The summed E-state index contributed by atoms with van der Waals surface area (Å²) in [6.45, 7) is 9.99. The van der Waals surface area contributed by atoms with Crippen molar-refractivity contribution in [2.24, 2.45) is 0 Å². The SMILES string of the molecule is CCCCN(CCCC)C(=O)C(N(C(=S)OC(C)C)S(=O)(=O)O)N(C(=S)OC(C)C)S(=O)(=O)O. The number of amides is 1. The standard InChI is InChI=1S/C18H35N3O9S4/c1-7-9-11-19(12-10-8-2)16(22)15(20(33(23,24)25)17(31)29-13(3)4)21(34(26,27)28)18(32)30-14(5)6/h13-15H,7-12H2,1-6H3,(H,23,24,25)(H,26,27,28). The summed E-state index contributed by atoms with van der Waals surface area (Å²) >= 11 is 9.96. The van der Waals surface area contributed by atoms with Gasteiger partial charge in [0.1, 0.15) is 0 Å². The Kier molecular flexibility index (Phi) is 13.7. The summed E-state index contributed by atoms with van der Waals surface area (Å²) < 4.78 is 79.6. The van der Waals surface area contributed by atoms with Gasteiger partial charge in [-0.25, -0.2) is 0 Å². The van der Waals surface area contributed by atoms with Gasteiger partial charge in [-0.1, -0.05) is 26.7 Å². The van der Waals surface area contributed by atoms with E-state index < -0.39 is 55.2 Å². The van der Waals surface area contributed by atoms with E-state index in [0.29, 0.717) is 25.7 Å². The van der Waals surface area contributed by atoms with E-state index >= 15 is 0 Å². The normalized spacial score (nSPS) is 12.1. The lowest BCUT2D eigenvalue weighted by molar-refractivity contribution is -0.137. The second-order valence-electron chi connectivity index (χ2n) is 7.82. The molecule has 0 fully saturated rings. The van der Waals surface area contributed by atoms with Crippen LogP contribution in [0.25, 0.3) is 0 Å². The largest absolute Gasteiger partial charge is 0.467 e. The number of nitrogens with zero attached hydrogens (tertiary/aromatic N) is 3. The lowest BCUT2D eigenvalue weighted by Crippen LogP contribution is -2.63. The van der Waals surface area contributed by atoms with Gasteiger partial charge in [-0.15, -0.1) is 0 Å². The van der Waals surface area contributed by atoms with E-state index in [2.05, 4.69) is 0 Å². The van der Waals surface area contributed by atoms with Crippen LogP contribution >= 0.6 is 24.4 Å². The molecule has 0 atom stereocenters. The van der Waals surface area contributed by atoms with Crippen LogP contribution < -0.4 is 0 Å². The molecule has 0 aliphatic carbocycles. The average Bonchev–Trinajstić information content (AvgIpc) is 2.63. The molecule has 0 aromatic heterocycles. The Morgan fingerprint density at radius 3 is 1.35 bits per heavy atom. The van der Waals surface area contributed by atoms with Crippen molar-refractivity contribution in [3.63, 3.8) is 0 Å². The molecule has 0 bridgehead atoms. The summed E-state index contributed by atoms with van der Waals surface area (Å²) in [7, 11) is -10.8. The highest BCUT2D eigenvalue weighted by Gasteiger charge is 2.49. The Labute approximate surface area is 213 Å². The van der Waals surface area contributed by atoms with Gasteiger partial charge in [-0.2, -0.15) is 25.4 Å². The lowest BCUT2D eigenvalue weighted by Gasteiger charge is -2.38. The molecule has 0 saturated heterocycles. The second kappa shape index (κ2) is 14.3. The molecule has 1 amide bonds. The Morgan fingerprint density at radius 1 is 0.794 bits per heavy atom. The van der Waals surface area contributed by atoms with E-state index in [1.54, 1.807) is 0 Å². The molecule has 0 rings (SSSR count). The summed E-state index contributed by atoms with van der Waals surface area (Å²) in [6.07, 6.45) is -1.51. The maximum Gasteiger partial charge on any atom is 0.365 e. The summed E-state index contributed by atoms with van der Waals surface area (Å²) in [6, 6.07) is 0.